The zero-order valence-electron chi connectivity index (χ0n) is 15.8. The van der Waals surface area contributed by atoms with Gasteiger partial charge in [0.25, 0.3) is 0 Å². The van der Waals surface area contributed by atoms with Gasteiger partial charge in [-0.2, -0.15) is 0 Å². The molecule has 0 fully saturated rings. The highest BCUT2D eigenvalue weighted by Crippen LogP contribution is 2.48. The minimum Gasteiger partial charge on any atom is -0.454 e. The van der Waals surface area contributed by atoms with Crippen molar-refractivity contribution in [1.82, 2.24) is 4.90 Å². The topological polar surface area (TPSA) is 21.7 Å². The van der Waals surface area contributed by atoms with Crippen molar-refractivity contribution < 1.29 is 14.0 Å². The SMILES string of the molecule is CCC[C@@H]1c2c(ccc3c2OCO3)CC[N+]1(C)CCN(CC)CC. The van der Waals surface area contributed by atoms with Crippen LogP contribution in [0.25, 0.3) is 0 Å². The molecule has 0 saturated carbocycles. The number of likely N-dealkylation sites (N-methyl/N-ethyl adjacent to an activating group) is 2. The summed E-state index contributed by atoms with van der Waals surface area (Å²) in [4.78, 5) is 2.54. The summed E-state index contributed by atoms with van der Waals surface area (Å²) in [6.45, 7) is 13.1. The molecule has 24 heavy (non-hydrogen) atoms. The fraction of sp³-hybridized carbons (Fsp3) is 0.700. The molecule has 0 aromatic heterocycles. The molecule has 0 amide bonds. The molecule has 134 valence electrons. The van der Waals surface area contributed by atoms with Crippen molar-refractivity contribution in [3.8, 4) is 11.5 Å². The van der Waals surface area contributed by atoms with Crippen LogP contribution in [-0.4, -0.2) is 55.9 Å². The third-order valence-corrected chi connectivity index (χ3v) is 6.03. The highest BCUT2D eigenvalue weighted by atomic mass is 16.7. The third kappa shape index (κ3) is 3.14. The van der Waals surface area contributed by atoms with Crippen molar-refractivity contribution in [3.05, 3.63) is 23.3 Å². The Bertz CT molecular complexity index is 571. The first-order valence-electron chi connectivity index (χ1n) is 9.60. The second kappa shape index (κ2) is 7.32. The smallest absolute Gasteiger partial charge is 0.231 e. The molecule has 2 aliphatic heterocycles. The zero-order valence-corrected chi connectivity index (χ0v) is 15.8. The molecule has 0 spiro atoms. The number of ether oxygens (including phenoxy) is 2. The van der Waals surface area contributed by atoms with Gasteiger partial charge in [-0.3, -0.25) is 4.90 Å². The van der Waals surface area contributed by atoms with Crippen LogP contribution in [0.1, 0.15) is 50.8 Å². The van der Waals surface area contributed by atoms with Crippen molar-refractivity contribution in [2.45, 2.75) is 46.1 Å². The van der Waals surface area contributed by atoms with Gasteiger partial charge in [0.2, 0.25) is 6.79 Å². The van der Waals surface area contributed by atoms with Gasteiger partial charge in [0.1, 0.15) is 6.04 Å². The van der Waals surface area contributed by atoms with Crippen LogP contribution in [0, 0.1) is 0 Å². The summed E-state index contributed by atoms with van der Waals surface area (Å²) in [5, 5.41) is 0. The summed E-state index contributed by atoms with van der Waals surface area (Å²) >= 11 is 0. The molecule has 0 radical (unpaired) electrons. The van der Waals surface area contributed by atoms with E-state index in [1.165, 1.54) is 43.6 Å². The molecule has 1 unspecified atom stereocenters. The van der Waals surface area contributed by atoms with Crippen LogP contribution < -0.4 is 9.47 Å². The standard InChI is InChI=1S/C20H33N2O2/c1-5-8-17-19-16(9-10-18-20(19)24-15-23-18)11-13-22(17,4)14-12-21(6-2)7-3/h9-10,17H,5-8,11-15H2,1-4H3/q+1/t17-,22?/m1/s1. The summed E-state index contributed by atoms with van der Waals surface area (Å²) in [5.41, 5.74) is 2.90. The summed E-state index contributed by atoms with van der Waals surface area (Å²) in [6.07, 6.45) is 3.55. The fourth-order valence-electron chi connectivity index (χ4n) is 4.37. The van der Waals surface area contributed by atoms with Gasteiger partial charge < -0.3 is 14.0 Å². The van der Waals surface area contributed by atoms with E-state index in [0.29, 0.717) is 12.8 Å². The molecule has 4 heteroatoms. The Morgan fingerprint density at radius 1 is 1.17 bits per heavy atom. The number of fused-ring (bicyclic) bond motifs is 3. The summed E-state index contributed by atoms with van der Waals surface area (Å²) in [5.74, 6) is 1.96. The minimum absolute atomic E-state index is 0.369. The van der Waals surface area contributed by atoms with Gasteiger partial charge in [-0.05, 0) is 24.7 Å². The first-order chi connectivity index (χ1) is 11.6. The van der Waals surface area contributed by atoms with Crippen LogP contribution in [0.15, 0.2) is 12.1 Å². The molecule has 4 nitrogen and oxygen atoms in total. The van der Waals surface area contributed by atoms with Crippen molar-refractivity contribution in [1.29, 1.82) is 0 Å². The lowest BCUT2D eigenvalue weighted by molar-refractivity contribution is -0.941. The largest absolute Gasteiger partial charge is 0.454 e. The Balaban J connectivity index is 1.91. The number of benzene rings is 1. The van der Waals surface area contributed by atoms with Gasteiger partial charge in [0, 0.05) is 19.4 Å². The van der Waals surface area contributed by atoms with E-state index in [1.807, 2.05) is 0 Å². The molecular formula is C20H33N2O2+. The van der Waals surface area contributed by atoms with Crippen LogP contribution in [0.5, 0.6) is 11.5 Å². The maximum absolute atomic E-state index is 5.89. The van der Waals surface area contributed by atoms with Crippen LogP contribution in [0.3, 0.4) is 0 Å². The highest BCUT2D eigenvalue weighted by molar-refractivity contribution is 5.53. The average Bonchev–Trinajstić information content (AvgIpc) is 3.07. The van der Waals surface area contributed by atoms with Gasteiger partial charge in [0.15, 0.2) is 11.5 Å². The van der Waals surface area contributed by atoms with Gasteiger partial charge in [-0.15, -0.1) is 0 Å². The molecule has 0 N–H and O–H groups in total. The van der Waals surface area contributed by atoms with E-state index >= 15 is 0 Å². The molecule has 2 heterocycles. The Morgan fingerprint density at radius 3 is 2.67 bits per heavy atom. The molecule has 2 aliphatic rings. The van der Waals surface area contributed by atoms with E-state index in [4.69, 9.17) is 9.47 Å². The average molecular weight is 333 g/mol. The molecule has 0 aliphatic carbocycles. The molecule has 3 rings (SSSR count). The maximum Gasteiger partial charge on any atom is 0.231 e. The quantitative estimate of drug-likeness (QED) is 0.712. The number of hydrogen-bond acceptors (Lipinski definition) is 3. The summed E-state index contributed by atoms with van der Waals surface area (Å²) in [7, 11) is 2.45. The van der Waals surface area contributed by atoms with Crippen LogP contribution in [-0.2, 0) is 6.42 Å². The van der Waals surface area contributed by atoms with E-state index in [9.17, 15) is 0 Å². The highest BCUT2D eigenvalue weighted by Gasteiger charge is 2.42. The van der Waals surface area contributed by atoms with Gasteiger partial charge in [-0.1, -0.05) is 33.3 Å². The first-order valence-corrected chi connectivity index (χ1v) is 9.60. The van der Waals surface area contributed by atoms with E-state index in [2.05, 4.69) is 44.9 Å². The van der Waals surface area contributed by atoms with Crippen molar-refractivity contribution in [2.24, 2.45) is 0 Å². The second-order valence-electron chi connectivity index (χ2n) is 7.38. The van der Waals surface area contributed by atoms with E-state index in [1.54, 1.807) is 0 Å². The van der Waals surface area contributed by atoms with Gasteiger partial charge >= 0.3 is 0 Å². The molecule has 1 aromatic rings. The predicted molar refractivity (Wildman–Crippen MR) is 97.6 cm³/mol. The monoisotopic (exact) mass is 333 g/mol. The Labute approximate surface area is 146 Å². The molecule has 1 aromatic carbocycles. The Morgan fingerprint density at radius 2 is 1.96 bits per heavy atom. The van der Waals surface area contributed by atoms with Crippen molar-refractivity contribution in [2.75, 3.05) is 46.6 Å². The summed E-state index contributed by atoms with van der Waals surface area (Å²) in [6, 6.07) is 4.88. The number of hydrogen-bond donors (Lipinski definition) is 0. The number of rotatable bonds is 7. The van der Waals surface area contributed by atoms with Gasteiger partial charge in [-0.25, -0.2) is 0 Å². The lowest BCUT2D eigenvalue weighted by atomic mass is 9.87. The van der Waals surface area contributed by atoms with Crippen molar-refractivity contribution >= 4 is 0 Å². The Hall–Kier alpha value is -1.26. The Kier molecular flexibility index (Phi) is 5.36. The van der Waals surface area contributed by atoms with Crippen molar-refractivity contribution in [3.63, 3.8) is 0 Å². The third-order valence-electron chi connectivity index (χ3n) is 6.03. The fourth-order valence-corrected chi connectivity index (χ4v) is 4.37. The maximum atomic E-state index is 5.89. The first kappa shape index (κ1) is 17.6. The van der Waals surface area contributed by atoms with E-state index in [0.717, 1.165) is 35.5 Å². The van der Waals surface area contributed by atoms with Crippen LogP contribution >= 0.6 is 0 Å². The lowest BCUT2D eigenvalue weighted by Crippen LogP contribution is -2.54. The number of nitrogens with zero attached hydrogens (tertiary/aromatic N) is 2. The molecule has 0 bridgehead atoms. The summed E-state index contributed by atoms with van der Waals surface area (Å²) < 4.78 is 12.7. The van der Waals surface area contributed by atoms with E-state index < -0.39 is 0 Å². The second-order valence-corrected chi connectivity index (χ2v) is 7.38. The van der Waals surface area contributed by atoms with Gasteiger partial charge in [0.05, 0.1) is 25.7 Å². The van der Waals surface area contributed by atoms with Crippen LogP contribution in [0.4, 0.5) is 0 Å². The molecule has 2 atom stereocenters. The molecule has 0 saturated heterocycles. The lowest BCUT2D eigenvalue weighted by Gasteiger charge is -2.46. The zero-order chi connectivity index (χ0) is 17.2. The predicted octanol–water partition coefficient (Wildman–Crippen LogP) is 3.60. The normalized spacial score (nSPS) is 25.1. The van der Waals surface area contributed by atoms with Crippen LogP contribution in [0.2, 0.25) is 0 Å². The molecular weight excluding hydrogens is 300 g/mol. The minimum atomic E-state index is 0.369. The number of quaternary nitrogens is 1. The van der Waals surface area contributed by atoms with E-state index in [-0.39, 0.29) is 0 Å².